The van der Waals surface area contributed by atoms with Gasteiger partial charge in [-0.2, -0.15) is 0 Å². The van der Waals surface area contributed by atoms with Crippen LogP contribution in [0.3, 0.4) is 0 Å². The van der Waals surface area contributed by atoms with Crippen LogP contribution in [0.1, 0.15) is 43.0 Å². The van der Waals surface area contributed by atoms with Crippen molar-refractivity contribution in [3.8, 4) is 0 Å². The molecule has 1 amide bonds. The van der Waals surface area contributed by atoms with Crippen LogP contribution in [0.5, 0.6) is 0 Å². The monoisotopic (exact) mass is 235 g/mol. The van der Waals surface area contributed by atoms with Crippen LogP contribution < -0.4 is 5.32 Å². The van der Waals surface area contributed by atoms with Gasteiger partial charge in [0.05, 0.1) is 5.56 Å². The van der Waals surface area contributed by atoms with E-state index in [4.69, 9.17) is 0 Å². The normalized spacial score (nSPS) is 16.6. The van der Waals surface area contributed by atoms with Gasteiger partial charge in [0.2, 0.25) is 0 Å². The van der Waals surface area contributed by atoms with E-state index in [0.717, 1.165) is 18.8 Å². The molecule has 0 radical (unpaired) electrons. The Hall–Kier alpha value is -1.38. The minimum atomic E-state index is -0.453. The van der Waals surface area contributed by atoms with Crippen molar-refractivity contribution in [2.45, 2.75) is 38.6 Å². The van der Waals surface area contributed by atoms with Gasteiger partial charge in [-0.05, 0) is 30.9 Å². The third kappa shape index (κ3) is 3.29. The quantitative estimate of drug-likeness (QED) is 0.834. The number of hydrogen-bond acceptors (Lipinski definition) is 1. The van der Waals surface area contributed by atoms with E-state index in [-0.39, 0.29) is 17.5 Å². The maximum atomic E-state index is 13.4. The van der Waals surface area contributed by atoms with Crippen molar-refractivity contribution in [2.24, 2.45) is 5.92 Å². The first-order chi connectivity index (χ1) is 8.20. The summed E-state index contributed by atoms with van der Waals surface area (Å²) in [6.07, 6.45) is 4.46. The summed E-state index contributed by atoms with van der Waals surface area (Å²) < 4.78 is 13.4. The number of nitrogens with one attached hydrogen (secondary N) is 1. The molecule has 0 spiro atoms. The highest BCUT2D eigenvalue weighted by molar-refractivity contribution is 5.94. The molecule has 0 heterocycles. The second kappa shape index (κ2) is 5.30. The maximum absolute atomic E-state index is 13.4. The Morgan fingerprint density at radius 2 is 2.18 bits per heavy atom. The van der Waals surface area contributed by atoms with Crippen LogP contribution in [0.15, 0.2) is 24.3 Å². The Morgan fingerprint density at radius 1 is 1.47 bits per heavy atom. The molecule has 0 aromatic heterocycles. The minimum Gasteiger partial charge on any atom is -0.349 e. The Balaban J connectivity index is 1.97. The molecule has 92 valence electrons. The summed E-state index contributed by atoms with van der Waals surface area (Å²) in [7, 11) is 0. The zero-order valence-corrected chi connectivity index (χ0v) is 10.1. The molecule has 1 aromatic rings. The lowest BCUT2D eigenvalue weighted by Gasteiger charge is -2.16. The van der Waals surface area contributed by atoms with Gasteiger partial charge in [-0.15, -0.1) is 0 Å². The van der Waals surface area contributed by atoms with E-state index in [2.05, 4.69) is 12.2 Å². The van der Waals surface area contributed by atoms with Gasteiger partial charge in [-0.25, -0.2) is 4.39 Å². The third-order valence-corrected chi connectivity index (χ3v) is 3.26. The molecule has 1 aliphatic carbocycles. The van der Waals surface area contributed by atoms with Crippen molar-refractivity contribution >= 4 is 5.91 Å². The topological polar surface area (TPSA) is 29.1 Å². The predicted octanol–water partition coefficient (Wildman–Crippen LogP) is 3.13. The van der Waals surface area contributed by atoms with Gasteiger partial charge in [0.15, 0.2) is 0 Å². The number of amides is 1. The van der Waals surface area contributed by atoms with Crippen LogP contribution in [0.4, 0.5) is 4.39 Å². The van der Waals surface area contributed by atoms with Gasteiger partial charge in [-0.3, -0.25) is 4.79 Å². The largest absolute Gasteiger partial charge is 0.349 e. The van der Waals surface area contributed by atoms with Crippen molar-refractivity contribution in [1.82, 2.24) is 5.32 Å². The fourth-order valence-corrected chi connectivity index (χ4v) is 1.99. The molecule has 1 aromatic carbocycles. The summed E-state index contributed by atoms with van der Waals surface area (Å²) in [5.41, 5.74) is 0.141. The van der Waals surface area contributed by atoms with E-state index < -0.39 is 5.82 Å². The van der Waals surface area contributed by atoms with Crippen LogP contribution in [-0.4, -0.2) is 11.9 Å². The van der Waals surface area contributed by atoms with Crippen molar-refractivity contribution in [3.63, 3.8) is 0 Å². The summed E-state index contributed by atoms with van der Waals surface area (Å²) in [5, 5.41) is 2.92. The lowest BCUT2D eigenvalue weighted by molar-refractivity contribution is 0.0928. The number of carbonyl (C=O) groups is 1. The zero-order chi connectivity index (χ0) is 12.3. The molecule has 2 rings (SSSR count). The fraction of sp³-hybridized carbons (Fsp3) is 0.500. The predicted molar refractivity (Wildman–Crippen MR) is 65.3 cm³/mol. The number of benzene rings is 1. The fourth-order valence-electron chi connectivity index (χ4n) is 1.99. The lowest BCUT2D eigenvalue weighted by Crippen LogP contribution is -2.35. The number of carbonyl (C=O) groups excluding carboxylic acids is 1. The molecule has 3 heteroatoms. The second-order valence-electron chi connectivity index (χ2n) is 4.74. The first-order valence-corrected chi connectivity index (χ1v) is 6.26. The average Bonchev–Trinajstić information content (AvgIpc) is 3.12. The lowest BCUT2D eigenvalue weighted by atomic mass is 10.1. The highest BCUT2D eigenvalue weighted by Crippen LogP contribution is 2.34. The molecule has 1 unspecified atom stereocenters. The molecule has 2 nitrogen and oxygen atoms in total. The number of rotatable bonds is 5. The molecule has 0 bridgehead atoms. The first-order valence-electron chi connectivity index (χ1n) is 6.26. The summed E-state index contributed by atoms with van der Waals surface area (Å²) in [5.74, 6) is 0.0164. The van der Waals surface area contributed by atoms with Crippen LogP contribution in [0.25, 0.3) is 0 Å². The molecule has 1 saturated carbocycles. The average molecular weight is 235 g/mol. The second-order valence-corrected chi connectivity index (χ2v) is 4.74. The molecular formula is C14H18FNO. The standard InChI is InChI=1S/C14H18FNO/c1-2-11(9-10-7-8-10)16-14(17)12-5-3-4-6-13(12)15/h3-6,10-11H,2,7-9H2,1H3,(H,16,17). The molecule has 1 fully saturated rings. The van der Waals surface area contributed by atoms with E-state index >= 15 is 0 Å². The molecule has 17 heavy (non-hydrogen) atoms. The van der Waals surface area contributed by atoms with Crippen LogP contribution in [-0.2, 0) is 0 Å². The maximum Gasteiger partial charge on any atom is 0.254 e. The summed E-state index contributed by atoms with van der Waals surface area (Å²) >= 11 is 0. The minimum absolute atomic E-state index is 0.141. The van der Waals surface area contributed by atoms with Crippen molar-refractivity contribution < 1.29 is 9.18 Å². The van der Waals surface area contributed by atoms with E-state index in [9.17, 15) is 9.18 Å². The highest BCUT2D eigenvalue weighted by Gasteiger charge is 2.26. The van der Waals surface area contributed by atoms with Gasteiger partial charge in [0, 0.05) is 6.04 Å². The smallest absolute Gasteiger partial charge is 0.254 e. The van der Waals surface area contributed by atoms with E-state index in [1.54, 1.807) is 12.1 Å². The Labute approximate surface area is 101 Å². The molecule has 1 atom stereocenters. The Kier molecular flexibility index (Phi) is 3.77. The molecule has 1 N–H and O–H groups in total. The Morgan fingerprint density at radius 3 is 2.76 bits per heavy atom. The number of hydrogen-bond donors (Lipinski definition) is 1. The van der Waals surface area contributed by atoms with E-state index in [1.807, 2.05) is 0 Å². The summed E-state index contributed by atoms with van der Waals surface area (Å²) in [4.78, 5) is 11.9. The summed E-state index contributed by atoms with van der Waals surface area (Å²) in [6.45, 7) is 2.05. The SMILES string of the molecule is CCC(CC1CC1)NC(=O)c1ccccc1F. The van der Waals surface area contributed by atoms with E-state index in [1.165, 1.54) is 25.0 Å². The van der Waals surface area contributed by atoms with Gasteiger partial charge in [0.1, 0.15) is 5.82 Å². The van der Waals surface area contributed by atoms with Crippen LogP contribution >= 0.6 is 0 Å². The zero-order valence-electron chi connectivity index (χ0n) is 10.1. The summed E-state index contributed by atoms with van der Waals surface area (Å²) in [6, 6.07) is 6.29. The van der Waals surface area contributed by atoms with Crippen molar-refractivity contribution in [1.29, 1.82) is 0 Å². The highest BCUT2D eigenvalue weighted by atomic mass is 19.1. The van der Waals surface area contributed by atoms with Crippen molar-refractivity contribution in [2.75, 3.05) is 0 Å². The number of halogens is 1. The van der Waals surface area contributed by atoms with Gasteiger partial charge in [-0.1, -0.05) is 31.9 Å². The van der Waals surface area contributed by atoms with Crippen LogP contribution in [0, 0.1) is 11.7 Å². The van der Waals surface area contributed by atoms with Gasteiger partial charge in [0.25, 0.3) is 5.91 Å². The first kappa shape index (κ1) is 12.1. The van der Waals surface area contributed by atoms with Crippen molar-refractivity contribution in [3.05, 3.63) is 35.6 Å². The van der Waals surface area contributed by atoms with E-state index in [0.29, 0.717) is 0 Å². The molecular weight excluding hydrogens is 217 g/mol. The van der Waals surface area contributed by atoms with Crippen LogP contribution in [0.2, 0.25) is 0 Å². The van der Waals surface area contributed by atoms with Gasteiger partial charge < -0.3 is 5.32 Å². The molecule has 0 aliphatic heterocycles. The molecule has 0 saturated heterocycles. The molecule has 1 aliphatic rings. The van der Waals surface area contributed by atoms with Gasteiger partial charge >= 0.3 is 0 Å². The Bertz CT molecular complexity index is 401. The third-order valence-electron chi connectivity index (χ3n) is 3.26.